The van der Waals surface area contributed by atoms with E-state index in [1.165, 1.54) is 38.6 Å². The summed E-state index contributed by atoms with van der Waals surface area (Å²) in [4.78, 5) is 2.48. The Bertz CT molecular complexity index is 1600. The van der Waals surface area contributed by atoms with Gasteiger partial charge in [0, 0.05) is 30.6 Å². The van der Waals surface area contributed by atoms with Gasteiger partial charge in [-0.1, -0.05) is 93.1 Å². The van der Waals surface area contributed by atoms with Gasteiger partial charge in [-0.15, -0.1) is 0 Å². The molecule has 6 rings (SSSR count). The van der Waals surface area contributed by atoms with Crippen LogP contribution in [0.2, 0.25) is 0 Å². The molecule has 0 radical (unpaired) electrons. The number of nitrogens with zero attached hydrogens (tertiary/aromatic N) is 3. The van der Waals surface area contributed by atoms with Crippen LogP contribution in [0.25, 0.3) is 38.8 Å². The predicted molar refractivity (Wildman–Crippen MR) is 161 cm³/mol. The van der Waals surface area contributed by atoms with Crippen LogP contribution >= 0.6 is 0 Å². The highest BCUT2D eigenvalue weighted by Gasteiger charge is 2.23. The monoisotopic (exact) mass is 515 g/mol. The van der Waals surface area contributed by atoms with Crippen LogP contribution in [0.15, 0.2) is 91.0 Å². The minimum absolute atomic E-state index is 0.0542. The topological polar surface area (TPSA) is 30.3 Å². The van der Waals surface area contributed by atoms with Crippen molar-refractivity contribution >= 4 is 10.8 Å². The van der Waals surface area contributed by atoms with Gasteiger partial charge in [0.05, 0.1) is 30.3 Å². The molecule has 1 aliphatic rings. The zero-order chi connectivity index (χ0) is 27.0. The lowest BCUT2D eigenvalue weighted by Gasteiger charge is -2.26. The molecule has 39 heavy (non-hydrogen) atoms. The maximum absolute atomic E-state index is 5.54. The summed E-state index contributed by atoms with van der Waals surface area (Å²) in [7, 11) is 0. The Morgan fingerprint density at radius 1 is 0.769 bits per heavy atom. The number of hydrogen-bond donors (Lipinski definition) is 0. The van der Waals surface area contributed by atoms with Crippen LogP contribution < -0.4 is 0 Å². The van der Waals surface area contributed by atoms with Gasteiger partial charge in [-0.3, -0.25) is 4.90 Å². The van der Waals surface area contributed by atoms with Crippen LogP contribution in [-0.4, -0.2) is 41.0 Å². The first-order chi connectivity index (χ1) is 18.9. The Hall–Kier alpha value is -3.73. The first kappa shape index (κ1) is 25.5. The Morgan fingerprint density at radius 3 is 2.18 bits per heavy atom. The fraction of sp³-hybridized carbons (Fsp3) is 0.286. The van der Waals surface area contributed by atoms with E-state index in [4.69, 9.17) is 9.84 Å². The third-order valence-electron chi connectivity index (χ3n) is 7.70. The van der Waals surface area contributed by atoms with E-state index in [2.05, 4.69) is 128 Å². The van der Waals surface area contributed by atoms with Crippen LogP contribution in [0.3, 0.4) is 0 Å². The molecule has 4 nitrogen and oxygen atoms in total. The third kappa shape index (κ3) is 5.27. The van der Waals surface area contributed by atoms with Gasteiger partial charge in [-0.2, -0.15) is 5.10 Å². The molecule has 198 valence electrons. The highest BCUT2D eigenvalue weighted by molar-refractivity contribution is 6.04. The van der Waals surface area contributed by atoms with Crippen molar-refractivity contribution in [1.29, 1.82) is 0 Å². The van der Waals surface area contributed by atoms with Gasteiger partial charge < -0.3 is 4.74 Å². The summed E-state index contributed by atoms with van der Waals surface area (Å²) in [6.45, 7) is 13.4. The molecule has 4 aromatic carbocycles. The quantitative estimate of drug-likeness (QED) is 0.239. The second kappa shape index (κ2) is 10.4. The Kier molecular flexibility index (Phi) is 6.84. The van der Waals surface area contributed by atoms with Crippen LogP contribution in [0, 0.1) is 6.92 Å². The van der Waals surface area contributed by atoms with Gasteiger partial charge in [0.15, 0.2) is 0 Å². The molecule has 1 aliphatic heterocycles. The molecule has 1 saturated heterocycles. The summed E-state index contributed by atoms with van der Waals surface area (Å²) in [5.41, 5.74) is 9.53. The maximum atomic E-state index is 5.54. The number of ether oxygens (including phenoxy) is 1. The van der Waals surface area contributed by atoms with E-state index >= 15 is 0 Å². The molecule has 0 unspecified atom stereocenters. The molecule has 0 saturated carbocycles. The molecule has 0 aliphatic carbocycles. The molecule has 0 amide bonds. The van der Waals surface area contributed by atoms with Crippen molar-refractivity contribution in [3.8, 4) is 28.1 Å². The number of fused-ring (bicyclic) bond motifs is 1. The molecule has 1 aromatic heterocycles. The summed E-state index contributed by atoms with van der Waals surface area (Å²) in [5, 5.41) is 7.61. The van der Waals surface area contributed by atoms with E-state index < -0.39 is 0 Å². The lowest BCUT2D eigenvalue weighted by molar-refractivity contribution is 0.0342. The first-order valence-electron chi connectivity index (χ1n) is 14.0. The van der Waals surface area contributed by atoms with Gasteiger partial charge in [-0.05, 0) is 58.7 Å². The SMILES string of the molecule is Cc1ccc(-n2nc(C(C)(C)C)cc2-c2ccc(-c3cccc(CN4CCOCC4)c3)c3ccccc23)cc1. The van der Waals surface area contributed by atoms with Crippen molar-refractivity contribution in [1.82, 2.24) is 14.7 Å². The van der Waals surface area contributed by atoms with E-state index in [0.717, 1.165) is 49.9 Å². The Balaban J connectivity index is 1.46. The molecule has 0 spiro atoms. The molecular weight excluding hydrogens is 478 g/mol. The first-order valence-corrected chi connectivity index (χ1v) is 14.0. The summed E-state index contributed by atoms with van der Waals surface area (Å²) in [5.74, 6) is 0. The largest absolute Gasteiger partial charge is 0.379 e. The van der Waals surface area contributed by atoms with Crippen molar-refractivity contribution < 1.29 is 4.74 Å². The van der Waals surface area contributed by atoms with Gasteiger partial charge >= 0.3 is 0 Å². The fourth-order valence-corrected chi connectivity index (χ4v) is 5.45. The van der Waals surface area contributed by atoms with Crippen LogP contribution in [0.1, 0.15) is 37.6 Å². The van der Waals surface area contributed by atoms with Crippen molar-refractivity contribution in [3.63, 3.8) is 0 Å². The molecular formula is C35H37N3O. The number of morpholine rings is 1. The number of aryl methyl sites for hydroxylation is 1. The number of benzene rings is 4. The van der Waals surface area contributed by atoms with Gasteiger partial charge in [-0.25, -0.2) is 4.68 Å². The minimum Gasteiger partial charge on any atom is -0.379 e. The lowest BCUT2D eigenvalue weighted by atomic mass is 9.90. The average molecular weight is 516 g/mol. The van der Waals surface area contributed by atoms with Crippen LogP contribution in [-0.2, 0) is 16.7 Å². The fourth-order valence-electron chi connectivity index (χ4n) is 5.45. The third-order valence-corrected chi connectivity index (χ3v) is 7.70. The van der Waals surface area contributed by atoms with Gasteiger partial charge in [0.1, 0.15) is 0 Å². The second-order valence-electron chi connectivity index (χ2n) is 11.7. The van der Waals surface area contributed by atoms with E-state index in [-0.39, 0.29) is 5.41 Å². The number of aromatic nitrogens is 2. The van der Waals surface area contributed by atoms with Crippen molar-refractivity contribution in [2.75, 3.05) is 26.3 Å². The van der Waals surface area contributed by atoms with Crippen molar-refractivity contribution in [2.24, 2.45) is 0 Å². The summed E-state index contributed by atoms with van der Waals surface area (Å²) < 4.78 is 7.66. The van der Waals surface area contributed by atoms with E-state index in [1.54, 1.807) is 0 Å². The minimum atomic E-state index is -0.0542. The summed E-state index contributed by atoms with van der Waals surface area (Å²) in [6, 6.07) is 33.3. The van der Waals surface area contributed by atoms with E-state index in [9.17, 15) is 0 Å². The van der Waals surface area contributed by atoms with Gasteiger partial charge in [0.25, 0.3) is 0 Å². The molecule has 2 heterocycles. The van der Waals surface area contributed by atoms with Gasteiger partial charge in [0.2, 0.25) is 0 Å². The van der Waals surface area contributed by atoms with E-state index in [1.807, 2.05) is 0 Å². The smallest absolute Gasteiger partial charge is 0.0750 e. The maximum Gasteiger partial charge on any atom is 0.0750 e. The predicted octanol–water partition coefficient (Wildman–Crippen LogP) is 7.80. The van der Waals surface area contributed by atoms with E-state index in [0.29, 0.717) is 0 Å². The highest BCUT2D eigenvalue weighted by Crippen LogP contribution is 2.38. The second-order valence-corrected chi connectivity index (χ2v) is 11.7. The Morgan fingerprint density at radius 2 is 1.46 bits per heavy atom. The zero-order valence-corrected chi connectivity index (χ0v) is 23.4. The molecule has 0 N–H and O–H groups in total. The number of rotatable bonds is 5. The van der Waals surface area contributed by atoms with Crippen molar-refractivity contribution in [3.05, 3.63) is 108 Å². The zero-order valence-electron chi connectivity index (χ0n) is 23.4. The molecule has 0 bridgehead atoms. The normalized spacial score (nSPS) is 14.7. The molecule has 1 fully saturated rings. The molecule has 4 heteroatoms. The summed E-state index contributed by atoms with van der Waals surface area (Å²) >= 11 is 0. The van der Waals surface area contributed by atoms with Crippen molar-refractivity contribution in [2.45, 2.75) is 39.7 Å². The molecule has 0 atom stereocenters. The summed E-state index contributed by atoms with van der Waals surface area (Å²) in [6.07, 6.45) is 0. The Labute approximate surface area is 231 Å². The highest BCUT2D eigenvalue weighted by atomic mass is 16.5. The van der Waals surface area contributed by atoms with Crippen LogP contribution in [0.4, 0.5) is 0 Å². The van der Waals surface area contributed by atoms with Crippen LogP contribution in [0.5, 0.6) is 0 Å². The average Bonchev–Trinajstić information content (AvgIpc) is 3.40. The lowest BCUT2D eigenvalue weighted by Crippen LogP contribution is -2.35. The molecule has 5 aromatic rings. The number of hydrogen-bond acceptors (Lipinski definition) is 3. The standard InChI is InChI=1S/C35H37N3O/c1-25-12-14-28(15-13-25)38-33(23-34(36-38)35(2,3)4)32-17-16-29(30-10-5-6-11-31(30)32)27-9-7-8-26(22-27)24-37-18-20-39-21-19-37/h5-17,22-23H,18-21,24H2,1-4H3.